The molecule has 4 nitrogen and oxygen atoms in total. The number of H-pyrrole nitrogens is 1. The summed E-state index contributed by atoms with van der Waals surface area (Å²) in [5, 5.41) is 0. The van der Waals surface area contributed by atoms with Crippen molar-refractivity contribution in [1.82, 2.24) is 14.5 Å². The first-order valence-corrected chi connectivity index (χ1v) is 5.92. The van der Waals surface area contributed by atoms with Gasteiger partial charge in [0.2, 0.25) is 5.88 Å². The van der Waals surface area contributed by atoms with Crippen LogP contribution in [0.4, 0.5) is 0 Å². The smallest absolute Gasteiger partial charge is 0.215 e. The largest absolute Gasteiger partial charge is 0.481 e. The number of allylic oxidation sites excluding steroid dienone is 2. The Kier molecular flexibility index (Phi) is 3.58. The number of methoxy groups -OCH3 is 1. The fraction of sp³-hybridized carbons (Fsp3) is 0.333. The van der Waals surface area contributed by atoms with Gasteiger partial charge in [-0.25, -0.2) is 0 Å². The van der Waals surface area contributed by atoms with Crippen LogP contribution in [-0.4, -0.2) is 21.6 Å². The lowest BCUT2D eigenvalue weighted by Gasteiger charge is -2.02. The number of rotatable bonds is 4. The second kappa shape index (κ2) is 5.14. The number of aromatic nitrogens is 3. The van der Waals surface area contributed by atoms with E-state index in [1.54, 1.807) is 7.11 Å². The Morgan fingerprint density at radius 3 is 3.06 bits per heavy atom. The number of fused-ring (bicyclic) bond motifs is 1. The zero-order valence-electron chi connectivity index (χ0n) is 9.93. The summed E-state index contributed by atoms with van der Waals surface area (Å²) in [6, 6.07) is 3.76. The molecule has 1 N–H and O–H groups in total. The molecule has 0 aliphatic rings. The lowest BCUT2D eigenvalue weighted by atomic mass is 10.3. The third-order valence-electron chi connectivity index (χ3n) is 2.56. The summed E-state index contributed by atoms with van der Waals surface area (Å²) in [5.41, 5.74) is 1.79. The van der Waals surface area contributed by atoms with E-state index < -0.39 is 0 Å². The van der Waals surface area contributed by atoms with Crippen molar-refractivity contribution in [3.05, 3.63) is 29.1 Å². The van der Waals surface area contributed by atoms with Crippen LogP contribution in [0.3, 0.4) is 0 Å². The van der Waals surface area contributed by atoms with E-state index in [9.17, 15) is 0 Å². The highest BCUT2D eigenvalue weighted by Crippen LogP contribution is 2.16. The number of pyridine rings is 1. The molecule has 0 fully saturated rings. The van der Waals surface area contributed by atoms with Crippen molar-refractivity contribution >= 4 is 23.4 Å². The summed E-state index contributed by atoms with van der Waals surface area (Å²) in [7, 11) is 1.61. The Labute approximate surface area is 105 Å². The van der Waals surface area contributed by atoms with Gasteiger partial charge >= 0.3 is 0 Å². The van der Waals surface area contributed by atoms with Gasteiger partial charge in [-0.1, -0.05) is 12.2 Å². The topological polar surface area (TPSA) is 42.8 Å². The predicted octanol–water partition coefficient (Wildman–Crippen LogP) is 3.07. The number of hydrogen-bond acceptors (Lipinski definition) is 3. The molecule has 2 aromatic heterocycles. The molecule has 0 amide bonds. The van der Waals surface area contributed by atoms with Crippen molar-refractivity contribution in [3.63, 3.8) is 0 Å². The van der Waals surface area contributed by atoms with E-state index in [2.05, 4.69) is 16.0 Å². The van der Waals surface area contributed by atoms with Crippen LogP contribution < -0.4 is 4.74 Å². The number of nitrogens with zero attached hydrogens (tertiary/aromatic N) is 2. The van der Waals surface area contributed by atoms with Crippen LogP contribution in [0, 0.1) is 4.77 Å². The van der Waals surface area contributed by atoms with Gasteiger partial charge in [0.15, 0.2) is 10.4 Å². The summed E-state index contributed by atoms with van der Waals surface area (Å²) >= 11 is 5.28. The van der Waals surface area contributed by atoms with Crippen LogP contribution in [0.2, 0.25) is 0 Å². The molecule has 0 aromatic carbocycles. The van der Waals surface area contributed by atoms with Crippen LogP contribution in [0.25, 0.3) is 11.2 Å². The number of ether oxygens (including phenoxy) is 1. The predicted molar refractivity (Wildman–Crippen MR) is 70.9 cm³/mol. The van der Waals surface area contributed by atoms with E-state index in [0.29, 0.717) is 10.7 Å². The summed E-state index contributed by atoms with van der Waals surface area (Å²) in [4.78, 5) is 7.55. The number of aromatic amines is 1. The Morgan fingerprint density at radius 2 is 2.35 bits per heavy atom. The van der Waals surface area contributed by atoms with Crippen LogP contribution in [0.1, 0.15) is 13.3 Å². The lowest BCUT2D eigenvalue weighted by molar-refractivity contribution is 0.399. The molecule has 0 unspecified atom stereocenters. The van der Waals surface area contributed by atoms with Crippen molar-refractivity contribution in [3.8, 4) is 5.88 Å². The fourth-order valence-electron chi connectivity index (χ4n) is 1.70. The minimum Gasteiger partial charge on any atom is -0.481 e. The molecule has 2 aromatic rings. The van der Waals surface area contributed by atoms with E-state index in [1.165, 1.54) is 0 Å². The molecule has 0 aliphatic carbocycles. The highest BCUT2D eigenvalue weighted by Gasteiger charge is 2.06. The fourth-order valence-corrected chi connectivity index (χ4v) is 1.99. The third-order valence-corrected chi connectivity index (χ3v) is 2.88. The minimum absolute atomic E-state index is 0.603. The first kappa shape index (κ1) is 11.9. The van der Waals surface area contributed by atoms with Crippen molar-refractivity contribution in [1.29, 1.82) is 0 Å². The Hall–Kier alpha value is -1.62. The standard InChI is InChI=1S/C12H15N3OS/c1-3-4-5-8-15-11-9(13-12(15)17)6-7-10(14-11)16-2/h3-4,6-7H,5,8H2,1-2H3,(H,13,17)/b4-3+. The van der Waals surface area contributed by atoms with Crippen LogP contribution in [-0.2, 0) is 6.54 Å². The summed E-state index contributed by atoms with van der Waals surface area (Å²) < 4.78 is 7.82. The maximum atomic E-state index is 5.28. The third kappa shape index (κ3) is 2.39. The Bertz CT molecular complexity index is 597. The van der Waals surface area contributed by atoms with Crippen LogP contribution in [0.5, 0.6) is 5.88 Å². The first-order chi connectivity index (χ1) is 8.26. The maximum absolute atomic E-state index is 5.28. The molecule has 90 valence electrons. The average molecular weight is 249 g/mol. The summed E-state index contributed by atoms with van der Waals surface area (Å²) in [6.45, 7) is 2.83. The maximum Gasteiger partial charge on any atom is 0.215 e. The molecule has 0 aliphatic heterocycles. The van der Waals surface area contributed by atoms with Gasteiger partial charge in [0, 0.05) is 12.6 Å². The van der Waals surface area contributed by atoms with E-state index in [1.807, 2.05) is 29.7 Å². The van der Waals surface area contributed by atoms with Gasteiger partial charge in [0.05, 0.1) is 12.6 Å². The van der Waals surface area contributed by atoms with Crippen LogP contribution >= 0.6 is 12.2 Å². The van der Waals surface area contributed by atoms with E-state index in [-0.39, 0.29) is 0 Å². The number of imidazole rings is 1. The molecule has 0 saturated heterocycles. The number of nitrogens with one attached hydrogen (secondary N) is 1. The van der Waals surface area contributed by atoms with Gasteiger partial charge in [-0.05, 0) is 31.6 Å². The molecular formula is C12H15N3OS. The van der Waals surface area contributed by atoms with Crippen molar-refractivity contribution in [2.75, 3.05) is 7.11 Å². The Morgan fingerprint density at radius 1 is 1.53 bits per heavy atom. The molecule has 17 heavy (non-hydrogen) atoms. The molecular weight excluding hydrogens is 234 g/mol. The van der Waals surface area contributed by atoms with E-state index in [0.717, 1.165) is 24.1 Å². The number of aryl methyl sites for hydroxylation is 1. The Balaban J connectivity index is 2.45. The summed E-state index contributed by atoms with van der Waals surface area (Å²) in [6.07, 6.45) is 5.09. The van der Waals surface area contributed by atoms with Gasteiger partial charge in [-0.3, -0.25) is 0 Å². The molecule has 0 atom stereocenters. The van der Waals surface area contributed by atoms with Crippen molar-refractivity contribution in [2.45, 2.75) is 19.9 Å². The molecule has 0 spiro atoms. The molecule has 0 saturated carbocycles. The minimum atomic E-state index is 0.603. The van der Waals surface area contributed by atoms with E-state index in [4.69, 9.17) is 17.0 Å². The SMILES string of the molecule is C/C=C/CCn1c(=S)[nH]c2ccc(OC)nc21. The summed E-state index contributed by atoms with van der Waals surface area (Å²) in [5.74, 6) is 0.603. The molecule has 0 bridgehead atoms. The van der Waals surface area contributed by atoms with E-state index >= 15 is 0 Å². The normalized spacial score (nSPS) is 11.4. The molecule has 5 heteroatoms. The molecule has 0 radical (unpaired) electrons. The first-order valence-electron chi connectivity index (χ1n) is 5.51. The lowest BCUT2D eigenvalue weighted by Crippen LogP contribution is -1.99. The van der Waals surface area contributed by atoms with Gasteiger partial charge in [-0.15, -0.1) is 0 Å². The molecule has 2 heterocycles. The van der Waals surface area contributed by atoms with Gasteiger partial charge in [0.1, 0.15) is 0 Å². The van der Waals surface area contributed by atoms with Crippen molar-refractivity contribution in [2.24, 2.45) is 0 Å². The second-order valence-electron chi connectivity index (χ2n) is 3.66. The van der Waals surface area contributed by atoms with Crippen molar-refractivity contribution < 1.29 is 4.74 Å². The monoisotopic (exact) mass is 249 g/mol. The highest BCUT2D eigenvalue weighted by molar-refractivity contribution is 7.71. The molecule has 2 rings (SSSR count). The highest BCUT2D eigenvalue weighted by atomic mass is 32.1. The van der Waals surface area contributed by atoms with Gasteiger partial charge in [-0.2, -0.15) is 4.98 Å². The zero-order valence-corrected chi connectivity index (χ0v) is 10.8. The van der Waals surface area contributed by atoms with Crippen LogP contribution in [0.15, 0.2) is 24.3 Å². The average Bonchev–Trinajstić information content (AvgIpc) is 2.65. The van der Waals surface area contributed by atoms with Gasteiger partial charge < -0.3 is 14.3 Å². The van der Waals surface area contributed by atoms with Gasteiger partial charge in [0.25, 0.3) is 0 Å². The quantitative estimate of drug-likeness (QED) is 0.669. The number of hydrogen-bond donors (Lipinski definition) is 1. The second-order valence-corrected chi connectivity index (χ2v) is 4.05. The zero-order chi connectivity index (χ0) is 12.3.